The van der Waals surface area contributed by atoms with Crippen molar-refractivity contribution < 1.29 is 14.3 Å². The monoisotopic (exact) mass is 326 g/mol. The fraction of sp³-hybridized carbons (Fsp3) is 0.533. The highest BCUT2D eigenvalue weighted by Crippen LogP contribution is 2.28. The molecule has 3 nitrogen and oxygen atoms in total. The summed E-state index contributed by atoms with van der Waals surface area (Å²) in [4.78, 5) is 12.6. The van der Waals surface area contributed by atoms with Crippen molar-refractivity contribution >= 4 is 21.7 Å². The van der Waals surface area contributed by atoms with Crippen molar-refractivity contribution in [2.45, 2.75) is 31.8 Å². The number of ketones is 1. The lowest BCUT2D eigenvalue weighted by Crippen LogP contribution is -2.47. The molecule has 1 aliphatic heterocycles. The summed E-state index contributed by atoms with van der Waals surface area (Å²) in [5.74, 6) is 0.167. The summed E-state index contributed by atoms with van der Waals surface area (Å²) in [6.45, 7) is 3.70. The molecule has 1 aliphatic rings. The van der Waals surface area contributed by atoms with Crippen molar-refractivity contribution in [2.75, 3.05) is 19.8 Å². The van der Waals surface area contributed by atoms with E-state index in [0.717, 1.165) is 10.0 Å². The van der Waals surface area contributed by atoms with Crippen molar-refractivity contribution in [1.82, 2.24) is 0 Å². The number of benzene rings is 1. The molecule has 104 valence electrons. The van der Waals surface area contributed by atoms with Gasteiger partial charge in [-0.05, 0) is 24.6 Å². The molecule has 0 N–H and O–H groups in total. The molecule has 0 amide bonds. The molecule has 0 spiro atoms. The van der Waals surface area contributed by atoms with Gasteiger partial charge in [-0.1, -0.05) is 28.1 Å². The van der Waals surface area contributed by atoms with Gasteiger partial charge in [0.05, 0.1) is 0 Å². The number of carbonyl (C=O) groups is 1. The van der Waals surface area contributed by atoms with Crippen LogP contribution in [0.5, 0.6) is 0 Å². The number of Topliss-reactive ketones (excluding diaryl/α,β-unsaturated/α-hetero) is 1. The van der Waals surface area contributed by atoms with Crippen LogP contribution in [0, 0.1) is 0 Å². The number of hydrogen-bond acceptors (Lipinski definition) is 3. The molecule has 0 bridgehead atoms. The van der Waals surface area contributed by atoms with Crippen LogP contribution >= 0.6 is 15.9 Å². The molecule has 1 aromatic rings. The first-order valence-electron chi connectivity index (χ1n) is 6.66. The van der Waals surface area contributed by atoms with Gasteiger partial charge < -0.3 is 9.47 Å². The van der Waals surface area contributed by atoms with E-state index < -0.39 is 5.60 Å². The Labute approximate surface area is 122 Å². The van der Waals surface area contributed by atoms with Gasteiger partial charge in [0.1, 0.15) is 5.60 Å². The van der Waals surface area contributed by atoms with Gasteiger partial charge in [-0.2, -0.15) is 0 Å². The van der Waals surface area contributed by atoms with Gasteiger partial charge in [-0.3, -0.25) is 4.79 Å². The number of halogens is 1. The summed E-state index contributed by atoms with van der Waals surface area (Å²) in [5, 5.41) is 0. The first-order valence-corrected chi connectivity index (χ1v) is 7.45. The quantitative estimate of drug-likeness (QED) is 0.833. The first kappa shape index (κ1) is 14.7. The van der Waals surface area contributed by atoms with Crippen LogP contribution in [0.3, 0.4) is 0 Å². The molecule has 2 rings (SSSR count). The van der Waals surface area contributed by atoms with E-state index in [-0.39, 0.29) is 5.78 Å². The van der Waals surface area contributed by atoms with Crippen LogP contribution in [0.2, 0.25) is 0 Å². The normalized spacial score (nSPS) is 18.2. The Morgan fingerprint density at radius 3 is 2.53 bits per heavy atom. The summed E-state index contributed by atoms with van der Waals surface area (Å²) in [6.07, 6.45) is 1.75. The van der Waals surface area contributed by atoms with Gasteiger partial charge >= 0.3 is 0 Å². The molecule has 19 heavy (non-hydrogen) atoms. The second-order valence-corrected chi connectivity index (χ2v) is 5.68. The summed E-state index contributed by atoms with van der Waals surface area (Å²) in [6, 6.07) is 7.86. The topological polar surface area (TPSA) is 35.5 Å². The fourth-order valence-electron chi connectivity index (χ4n) is 2.43. The molecule has 1 fully saturated rings. The lowest BCUT2D eigenvalue weighted by atomic mass is 9.86. The SMILES string of the molecule is CCOC1(C(=O)Cc2ccc(Br)cc2)CCOCC1. The van der Waals surface area contributed by atoms with Gasteiger partial charge in [0.25, 0.3) is 0 Å². The molecule has 4 heteroatoms. The summed E-state index contributed by atoms with van der Waals surface area (Å²) in [7, 11) is 0. The lowest BCUT2D eigenvalue weighted by Gasteiger charge is -2.35. The minimum atomic E-state index is -0.639. The maximum Gasteiger partial charge on any atom is 0.169 e. The van der Waals surface area contributed by atoms with Gasteiger partial charge in [-0.25, -0.2) is 0 Å². The Morgan fingerprint density at radius 2 is 1.95 bits per heavy atom. The van der Waals surface area contributed by atoms with Crippen LogP contribution in [0.1, 0.15) is 25.3 Å². The van der Waals surface area contributed by atoms with Crippen LogP contribution in [0.15, 0.2) is 28.7 Å². The number of hydrogen-bond donors (Lipinski definition) is 0. The largest absolute Gasteiger partial charge is 0.381 e. The predicted molar refractivity (Wildman–Crippen MR) is 77.3 cm³/mol. The Kier molecular flexibility index (Phi) is 5.13. The molecule has 0 atom stereocenters. The molecular weight excluding hydrogens is 308 g/mol. The Balaban J connectivity index is 2.09. The van der Waals surface area contributed by atoms with E-state index in [1.165, 1.54) is 0 Å². The molecular formula is C15H19BrO3. The van der Waals surface area contributed by atoms with E-state index in [2.05, 4.69) is 15.9 Å². The van der Waals surface area contributed by atoms with E-state index in [0.29, 0.717) is 39.1 Å². The van der Waals surface area contributed by atoms with E-state index in [1.807, 2.05) is 31.2 Å². The van der Waals surface area contributed by atoms with E-state index in [4.69, 9.17) is 9.47 Å². The molecule has 0 aromatic heterocycles. The van der Waals surface area contributed by atoms with Crippen molar-refractivity contribution in [3.05, 3.63) is 34.3 Å². The van der Waals surface area contributed by atoms with Crippen molar-refractivity contribution in [1.29, 1.82) is 0 Å². The highest BCUT2D eigenvalue weighted by molar-refractivity contribution is 9.10. The third-order valence-corrected chi connectivity index (χ3v) is 4.04. The van der Waals surface area contributed by atoms with Gasteiger partial charge in [0.15, 0.2) is 5.78 Å². The van der Waals surface area contributed by atoms with Gasteiger partial charge in [0, 0.05) is 43.6 Å². The second kappa shape index (κ2) is 6.64. The average Bonchev–Trinajstić information content (AvgIpc) is 2.43. The Morgan fingerprint density at radius 1 is 1.32 bits per heavy atom. The van der Waals surface area contributed by atoms with Crippen LogP contribution in [-0.4, -0.2) is 31.2 Å². The predicted octanol–water partition coefficient (Wildman–Crippen LogP) is 3.15. The maximum absolute atomic E-state index is 12.6. The van der Waals surface area contributed by atoms with Crippen molar-refractivity contribution in [3.8, 4) is 0 Å². The molecule has 1 heterocycles. The minimum Gasteiger partial charge on any atom is -0.381 e. The molecule has 0 saturated carbocycles. The van der Waals surface area contributed by atoms with Gasteiger partial charge in [0.2, 0.25) is 0 Å². The zero-order valence-corrected chi connectivity index (χ0v) is 12.7. The highest BCUT2D eigenvalue weighted by atomic mass is 79.9. The van der Waals surface area contributed by atoms with Crippen LogP contribution < -0.4 is 0 Å². The lowest BCUT2D eigenvalue weighted by molar-refractivity contribution is -0.156. The molecule has 0 radical (unpaired) electrons. The van der Waals surface area contributed by atoms with Crippen molar-refractivity contribution in [3.63, 3.8) is 0 Å². The summed E-state index contributed by atoms with van der Waals surface area (Å²) >= 11 is 3.40. The smallest absolute Gasteiger partial charge is 0.169 e. The zero-order valence-electron chi connectivity index (χ0n) is 11.2. The summed E-state index contributed by atoms with van der Waals surface area (Å²) in [5.41, 5.74) is 0.388. The number of rotatable bonds is 5. The number of ether oxygens (including phenoxy) is 2. The van der Waals surface area contributed by atoms with E-state index in [9.17, 15) is 4.79 Å². The third-order valence-electron chi connectivity index (χ3n) is 3.51. The molecule has 1 aromatic carbocycles. The van der Waals surface area contributed by atoms with E-state index in [1.54, 1.807) is 0 Å². The molecule has 1 saturated heterocycles. The van der Waals surface area contributed by atoms with Crippen LogP contribution in [-0.2, 0) is 20.7 Å². The maximum atomic E-state index is 12.6. The summed E-state index contributed by atoms with van der Waals surface area (Å²) < 4.78 is 12.2. The Bertz CT molecular complexity index is 416. The fourth-order valence-corrected chi connectivity index (χ4v) is 2.69. The highest BCUT2D eigenvalue weighted by Gasteiger charge is 2.40. The minimum absolute atomic E-state index is 0.167. The van der Waals surface area contributed by atoms with Crippen LogP contribution in [0.4, 0.5) is 0 Å². The first-order chi connectivity index (χ1) is 9.16. The van der Waals surface area contributed by atoms with Gasteiger partial charge in [-0.15, -0.1) is 0 Å². The molecule has 0 aliphatic carbocycles. The van der Waals surface area contributed by atoms with Crippen molar-refractivity contribution in [2.24, 2.45) is 0 Å². The standard InChI is InChI=1S/C15H19BrO3/c1-2-19-15(7-9-18-10-8-15)14(17)11-12-3-5-13(16)6-4-12/h3-6H,2,7-11H2,1H3. The molecule has 0 unspecified atom stereocenters. The second-order valence-electron chi connectivity index (χ2n) is 4.77. The van der Waals surface area contributed by atoms with E-state index >= 15 is 0 Å². The number of carbonyl (C=O) groups excluding carboxylic acids is 1. The third kappa shape index (κ3) is 3.65. The zero-order chi connectivity index (χ0) is 13.7. The Hall–Kier alpha value is -0.710. The average molecular weight is 327 g/mol. The van der Waals surface area contributed by atoms with Crippen LogP contribution in [0.25, 0.3) is 0 Å².